The minimum absolute atomic E-state index is 0.339. The predicted octanol–water partition coefficient (Wildman–Crippen LogP) is 1.89. The zero-order valence-electron chi connectivity index (χ0n) is 9.05. The Morgan fingerprint density at radius 2 is 2.00 bits per heavy atom. The first kappa shape index (κ1) is 11.0. The van der Waals surface area contributed by atoms with Crippen molar-refractivity contribution < 1.29 is 0 Å². The molecule has 0 heterocycles. The van der Waals surface area contributed by atoms with Crippen LogP contribution in [0.3, 0.4) is 0 Å². The zero-order valence-corrected chi connectivity index (χ0v) is 9.05. The second-order valence-corrected chi connectivity index (χ2v) is 4.44. The predicted molar refractivity (Wildman–Crippen MR) is 57.7 cm³/mol. The summed E-state index contributed by atoms with van der Waals surface area (Å²) in [6.45, 7) is 5.45. The third-order valence-corrected chi connectivity index (χ3v) is 3.37. The third-order valence-electron chi connectivity index (χ3n) is 3.37. The van der Waals surface area contributed by atoms with Gasteiger partial charge in [-0.05, 0) is 18.8 Å². The minimum atomic E-state index is 0.339. The molecule has 2 nitrogen and oxygen atoms in total. The van der Waals surface area contributed by atoms with Crippen molar-refractivity contribution in [1.29, 1.82) is 0 Å². The van der Waals surface area contributed by atoms with E-state index in [-0.39, 0.29) is 0 Å². The summed E-state index contributed by atoms with van der Waals surface area (Å²) in [5.74, 6) is 0.647. The normalized spacial score (nSPS) is 23.3. The Bertz CT molecular complexity index is 130. The fourth-order valence-corrected chi connectivity index (χ4v) is 1.94. The second-order valence-electron chi connectivity index (χ2n) is 4.44. The lowest BCUT2D eigenvalue weighted by atomic mass is 10.00. The van der Waals surface area contributed by atoms with Gasteiger partial charge in [0.25, 0.3) is 0 Å². The van der Waals surface area contributed by atoms with E-state index in [0.29, 0.717) is 12.0 Å². The van der Waals surface area contributed by atoms with Gasteiger partial charge in [0.15, 0.2) is 0 Å². The van der Waals surface area contributed by atoms with Crippen molar-refractivity contribution in [2.45, 2.75) is 58.0 Å². The maximum Gasteiger partial charge on any atom is 0.0191 e. The lowest BCUT2D eigenvalue weighted by molar-refractivity contribution is 0.394. The zero-order chi connectivity index (χ0) is 9.68. The van der Waals surface area contributed by atoms with Gasteiger partial charge in [-0.3, -0.25) is 0 Å². The molecule has 3 N–H and O–H groups in total. The highest BCUT2D eigenvalue weighted by atomic mass is 14.9. The summed E-state index contributed by atoms with van der Waals surface area (Å²) in [4.78, 5) is 0. The monoisotopic (exact) mass is 184 g/mol. The number of nitrogens with one attached hydrogen (secondary N) is 1. The third kappa shape index (κ3) is 3.65. The summed E-state index contributed by atoms with van der Waals surface area (Å²) in [7, 11) is 0. The molecule has 2 heteroatoms. The Kier molecular flexibility index (Phi) is 4.74. The summed E-state index contributed by atoms with van der Waals surface area (Å²) in [6.07, 6.45) is 6.69. The van der Waals surface area contributed by atoms with E-state index < -0.39 is 0 Å². The van der Waals surface area contributed by atoms with Crippen molar-refractivity contribution in [2.24, 2.45) is 11.7 Å². The Morgan fingerprint density at radius 1 is 1.38 bits per heavy atom. The van der Waals surface area contributed by atoms with E-state index in [1.54, 1.807) is 0 Å². The second kappa shape index (κ2) is 5.61. The maximum atomic E-state index is 6.04. The molecule has 0 aromatic rings. The standard InChI is InChI=1S/C11H24N2/c1-3-9(2)11(12)8-13-10-6-4-5-7-10/h9-11,13H,3-8,12H2,1-2H3. The first-order chi connectivity index (χ1) is 6.24. The van der Waals surface area contributed by atoms with Crippen LogP contribution in [-0.2, 0) is 0 Å². The first-order valence-electron chi connectivity index (χ1n) is 5.73. The number of hydrogen-bond acceptors (Lipinski definition) is 2. The van der Waals surface area contributed by atoms with E-state index in [1.165, 1.54) is 32.1 Å². The Hall–Kier alpha value is -0.0800. The highest BCUT2D eigenvalue weighted by Crippen LogP contribution is 2.17. The molecule has 0 aromatic carbocycles. The molecule has 1 saturated carbocycles. The fourth-order valence-electron chi connectivity index (χ4n) is 1.94. The van der Waals surface area contributed by atoms with Gasteiger partial charge in [-0.15, -0.1) is 0 Å². The molecule has 1 fully saturated rings. The van der Waals surface area contributed by atoms with Crippen molar-refractivity contribution in [3.05, 3.63) is 0 Å². The van der Waals surface area contributed by atoms with Crippen LogP contribution in [0.5, 0.6) is 0 Å². The Labute approximate surface area is 82.3 Å². The molecule has 0 saturated heterocycles. The van der Waals surface area contributed by atoms with Gasteiger partial charge in [-0.25, -0.2) is 0 Å². The quantitative estimate of drug-likeness (QED) is 0.685. The average molecular weight is 184 g/mol. The molecule has 0 spiro atoms. The van der Waals surface area contributed by atoms with Gasteiger partial charge >= 0.3 is 0 Å². The van der Waals surface area contributed by atoms with E-state index in [2.05, 4.69) is 19.2 Å². The van der Waals surface area contributed by atoms with E-state index in [0.717, 1.165) is 12.6 Å². The summed E-state index contributed by atoms with van der Waals surface area (Å²) < 4.78 is 0. The summed E-state index contributed by atoms with van der Waals surface area (Å²) >= 11 is 0. The highest BCUT2D eigenvalue weighted by Gasteiger charge is 2.16. The summed E-state index contributed by atoms with van der Waals surface area (Å²) in [6, 6.07) is 1.10. The van der Waals surface area contributed by atoms with Crippen molar-refractivity contribution in [2.75, 3.05) is 6.54 Å². The van der Waals surface area contributed by atoms with Crippen molar-refractivity contribution in [3.8, 4) is 0 Å². The Balaban J connectivity index is 2.10. The molecule has 1 rings (SSSR count). The van der Waals surface area contributed by atoms with Gasteiger partial charge in [-0.2, -0.15) is 0 Å². The SMILES string of the molecule is CCC(C)C(N)CNC1CCCC1. The van der Waals surface area contributed by atoms with Crippen LogP contribution in [0.4, 0.5) is 0 Å². The molecule has 0 aliphatic heterocycles. The lowest BCUT2D eigenvalue weighted by Crippen LogP contribution is -2.42. The minimum Gasteiger partial charge on any atom is -0.326 e. The van der Waals surface area contributed by atoms with Crippen molar-refractivity contribution >= 4 is 0 Å². The topological polar surface area (TPSA) is 38.0 Å². The van der Waals surface area contributed by atoms with E-state index in [9.17, 15) is 0 Å². The number of nitrogens with two attached hydrogens (primary N) is 1. The molecular weight excluding hydrogens is 160 g/mol. The van der Waals surface area contributed by atoms with Crippen LogP contribution in [0.25, 0.3) is 0 Å². The molecule has 0 radical (unpaired) electrons. The highest BCUT2D eigenvalue weighted by molar-refractivity contribution is 4.77. The molecule has 13 heavy (non-hydrogen) atoms. The van der Waals surface area contributed by atoms with Crippen LogP contribution in [0.15, 0.2) is 0 Å². The lowest BCUT2D eigenvalue weighted by Gasteiger charge is -2.21. The molecular formula is C11H24N2. The Morgan fingerprint density at radius 3 is 2.54 bits per heavy atom. The van der Waals surface area contributed by atoms with Gasteiger partial charge in [0.05, 0.1) is 0 Å². The molecule has 2 atom stereocenters. The molecule has 0 aromatic heterocycles. The van der Waals surface area contributed by atoms with Crippen molar-refractivity contribution in [1.82, 2.24) is 5.32 Å². The summed E-state index contributed by atoms with van der Waals surface area (Å²) in [5.41, 5.74) is 6.04. The van der Waals surface area contributed by atoms with E-state index in [4.69, 9.17) is 5.73 Å². The van der Waals surface area contributed by atoms with E-state index in [1.807, 2.05) is 0 Å². The van der Waals surface area contributed by atoms with Gasteiger partial charge in [0, 0.05) is 18.6 Å². The first-order valence-corrected chi connectivity index (χ1v) is 5.73. The number of hydrogen-bond donors (Lipinski definition) is 2. The van der Waals surface area contributed by atoms with Crippen LogP contribution in [0.1, 0.15) is 46.0 Å². The molecule has 0 bridgehead atoms. The van der Waals surface area contributed by atoms with Gasteiger partial charge in [0.2, 0.25) is 0 Å². The van der Waals surface area contributed by atoms with Crippen molar-refractivity contribution in [3.63, 3.8) is 0 Å². The molecule has 1 aliphatic rings. The van der Waals surface area contributed by atoms with Crippen LogP contribution >= 0.6 is 0 Å². The largest absolute Gasteiger partial charge is 0.326 e. The van der Waals surface area contributed by atoms with Gasteiger partial charge in [-0.1, -0.05) is 33.1 Å². The molecule has 1 aliphatic carbocycles. The molecule has 2 unspecified atom stereocenters. The average Bonchev–Trinajstić information content (AvgIpc) is 2.65. The molecule has 78 valence electrons. The fraction of sp³-hybridized carbons (Fsp3) is 1.00. The van der Waals surface area contributed by atoms with Gasteiger partial charge in [0.1, 0.15) is 0 Å². The van der Waals surface area contributed by atoms with Crippen LogP contribution in [0, 0.1) is 5.92 Å². The maximum absolute atomic E-state index is 6.04. The smallest absolute Gasteiger partial charge is 0.0191 e. The van der Waals surface area contributed by atoms with Crippen LogP contribution < -0.4 is 11.1 Å². The molecule has 0 amide bonds. The number of rotatable bonds is 5. The van der Waals surface area contributed by atoms with Gasteiger partial charge < -0.3 is 11.1 Å². The van der Waals surface area contributed by atoms with E-state index >= 15 is 0 Å². The van der Waals surface area contributed by atoms with Crippen LogP contribution in [-0.4, -0.2) is 18.6 Å². The van der Waals surface area contributed by atoms with Crippen LogP contribution in [0.2, 0.25) is 0 Å². The summed E-state index contributed by atoms with van der Waals surface area (Å²) in [5, 5.41) is 3.57.